The third-order valence-corrected chi connectivity index (χ3v) is 0.744. The van der Waals surface area contributed by atoms with Crippen molar-refractivity contribution >= 4 is 0 Å². The van der Waals surface area contributed by atoms with E-state index in [0.717, 1.165) is 6.42 Å². The van der Waals surface area contributed by atoms with Gasteiger partial charge in [-0.05, 0) is 13.3 Å². The smallest absolute Gasteiger partial charge is 0.00103 e. The third kappa shape index (κ3) is 3.96. The van der Waals surface area contributed by atoms with Gasteiger partial charge in [0.2, 0.25) is 0 Å². The van der Waals surface area contributed by atoms with Gasteiger partial charge in [0.05, 0.1) is 0 Å². The number of rotatable bonds is 2. The maximum Gasteiger partial charge on any atom is 0.00103 e. The van der Waals surface area contributed by atoms with E-state index in [-0.39, 0.29) is 0 Å². The van der Waals surface area contributed by atoms with Crippen LogP contribution >= 0.6 is 0 Å². The molecule has 0 saturated carbocycles. The summed E-state index contributed by atoms with van der Waals surface area (Å²) >= 11 is 0. The van der Waals surface area contributed by atoms with Crippen LogP contribution in [0.1, 0.15) is 26.7 Å². The molecule has 0 spiro atoms. The van der Waals surface area contributed by atoms with Gasteiger partial charge >= 0.3 is 0 Å². The molecule has 1 nitrogen and oxygen atoms in total. The average molecular weight is 87.2 g/mol. The summed E-state index contributed by atoms with van der Waals surface area (Å²) in [6.45, 7) is 4.17. The Labute approximate surface area is 39.5 Å². The molecule has 2 N–H and O–H groups in total. The minimum atomic E-state index is 0.398. The molecule has 0 saturated heterocycles. The fourth-order valence-corrected chi connectivity index (χ4v) is 0.455. The maximum atomic E-state index is 5.40. The summed E-state index contributed by atoms with van der Waals surface area (Å²) in [5.41, 5.74) is 5.40. The van der Waals surface area contributed by atoms with Crippen LogP contribution in [0.5, 0.6) is 0 Å². The first kappa shape index (κ1) is 5.96. The SMILES string of the molecule is CCC[C@@H](C)N. The van der Waals surface area contributed by atoms with Crippen molar-refractivity contribution in [3.63, 3.8) is 0 Å². The molecule has 0 aliphatic heterocycles. The van der Waals surface area contributed by atoms with Crippen molar-refractivity contribution in [3.05, 3.63) is 0 Å². The van der Waals surface area contributed by atoms with Gasteiger partial charge in [-0.15, -0.1) is 0 Å². The van der Waals surface area contributed by atoms with E-state index in [0.29, 0.717) is 6.04 Å². The molecular weight excluding hydrogens is 74.1 g/mol. The van der Waals surface area contributed by atoms with Crippen molar-refractivity contribution in [2.75, 3.05) is 0 Å². The van der Waals surface area contributed by atoms with Crippen LogP contribution in [-0.4, -0.2) is 6.04 Å². The van der Waals surface area contributed by atoms with Crippen molar-refractivity contribution in [3.8, 4) is 0 Å². The number of nitrogens with two attached hydrogens (primary N) is 1. The highest BCUT2D eigenvalue weighted by atomic mass is 14.6. The summed E-state index contributed by atoms with van der Waals surface area (Å²) in [6, 6.07) is 0.398. The first-order chi connectivity index (χ1) is 2.77. The molecule has 0 aliphatic rings. The van der Waals surface area contributed by atoms with Crippen LogP contribution in [0.2, 0.25) is 0 Å². The average Bonchev–Trinajstić information content (AvgIpc) is 1.35. The summed E-state index contributed by atoms with van der Waals surface area (Å²) in [7, 11) is 0. The van der Waals surface area contributed by atoms with E-state index in [1.54, 1.807) is 0 Å². The first-order valence-corrected chi connectivity index (χ1v) is 2.53. The molecule has 0 aromatic rings. The molecule has 0 unspecified atom stereocenters. The summed E-state index contributed by atoms with van der Waals surface area (Å²) in [6.07, 6.45) is 2.36. The van der Waals surface area contributed by atoms with E-state index in [9.17, 15) is 0 Å². The van der Waals surface area contributed by atoms with Crippen molar-refractivity contribution < 1.29 is 0 Å². The van der Waals surface area contributed by atoms with Crippen LogP contribution in [0.4, 0.5) is 0 Å². The van der Waals surface area contributed by atoms with E-state index in [2.05, 4.69) is 6.92 Å². The number of hydrogen-bond acceptors (Lipinski definition) is 1. The zero-order valence-corrected chi connectivity index (χ0v) is 4.57. The Bertz CT molecular complexity index is 25.1. The van der Waals surface area contributed by atoms with Crippen molar-refractivity contribution in [1.29, 1.82) is 0 Å². The molecule has 1 heteroatoms. The standard InChI is InChI=1S/C5H13N/c1-3-4-5(2)6/h5H,3-4,6H2,1-2H3/t5-/m1/s1. The van der Waals surface area contributed by atoms with Crippen LogP contribution in [0.25, 0.3) is 0 Å². The predicted octanol–water partition coefficient (Wildman–Crippen LogP) is 1.13. The molecule has 0 aromatic carbocycles. The lowest BCUT2D eigenvalue weighted by Crippen LogP contribution is -2.13. The molecule has 6 heavy (non-hydrogen) atoms. The Morgan fingerprint density at radius 2 is 2.17 bits per heavy atom. The van der Waals surface area contributed by atoms with Crippen LogP contribution in [-0.2, 0) is 0 Å². The van der Waals surface area contributed by atoms with Gasteiger partial charge in [-0.2, -0.15) is 0 Å². The minimum absolute atomic E-state index is 0.398. The van der Waals surface area contributed by atoms with Crippen LogP contribution in [0.15, 0.2) is 0 Å². The lowest BCUT2D eigenvalue weighted by molar-refractivity contribution is 0.653. The second kappa shape index (κ2) is 3.16. The summed E-state index contributed by atoms with van der Waals surface area (Å²) < 4.78 is 0. The van der Waals surface area contributed by atoms with E-state index >= 15 is 0 Å². The van der Waals surface area contributed by atoms with Crippen LogP contribution in [0.3, 0.4) is 0 Å². The van der Waals surface area contributed by atoms with Gasteiger partial charge in [-0.1, -0.05) is 13.3 Å². The topological polar surface area (TPSA) is 26.0 Å². The Morgan fingerprint density at radius 1 is 1.67 bits per heavy atom. The second-order valence-electron chi connectivity index (χ2n) is 1.77. The van der Waals surface area contributed by atoms with Gasteiger partial charge in [0.1, 0.15) is 0 Å². The second-order valence-corrected chi connectivity index (χ2v) is 1.77. The lowest BCUT2D eigenvalue weighted by atomic mass is 10.2. The van der Waals surface area contributed by atoms with E-state index in [1.165, 1.54) is 6.42 Å². The normalized spacial score (nSPS) is 14.5. The summed E-state index contributed by atoms with van der Waals surface area (Å²) in [5.74, 6) is 0. The van der Waals surface area contributed by atoms with Gasteiger partial charge in [0.25, 0.3) is 0 Å². The Morgan fingerprint density at radius 3 is 2.17 bits per heavy atom. The minimum Gasteiger partial charge on any atom is -0.328 e. The first-order valence-electron chi connectivity index (χ1n) is 2.53. The van der Waals surface area contributed by atoms with Crippen LogP contribution < -0.4 is 5.73 Å². The van der Waals surface area contributed by atoms with Gasteiger partial charge in [0.15, 0.2) is 0 Å². The Balaban J connectivity index is 2.63. The predicted molar refractivity (Wildman–Crippen MR) is 28.6 cm³/mol. The summed E-state index contributed by atoms with van der Waals surface area (Å²) in [5, 5.41) is 0. The molecule has 0 radical (unpaired) electrons. The quantitative estimate of drug-likeness (QED) is 0.537. The van der Waals surface area contributed by atoms with Gasteiger partial charge in [-0.25, -0.2) is 0 Å². The van der Waals surface area contributed by atoms with E-state index in [1.807, 2.05) is 6.92 Å². The van der Waals surface area contributed by atoms with Crippen molar-refractivity contribution in [2.45, 2.75) is 32.7 Å². The van der Waals surface area contributed by atoms with E-state index in [4.69, 9.17) is 5.73 Å². The molecule has 1 atom stereocenters. The lowest BCUT2D eigenvalue weighted by Gasteiger charge is -1.96. The highest BCUT2D eigenvalue weighted by Crippen LogP contribution is 1.88. The van der Waals surface area contributed by atoms with Gasteiger partial charge < -0.3 is 5.73 Å². The molecule has 0 aromatic heterocycles. The molecule has 0 bridgehead atoms. The molecule has 0 amide bonds. The van der Waals surface area contributed by atoms with Crippen molar-refractivity contribution in [2.24, 2.45) is 5.73 Å². The Kier molecular flexibility index (Phi) is 3.14. The molecule has 0 fully saturated rings. The fraction of sp³-hybridized carbons (Fsp3) is 1.00. The molecule has 0 rings (SSSR count). The molecule has 38 valence electrons. The van der Waals surface area contributed by atoms with Crippen molar-refractivity contribution in [1.82, 2.24) is 0 Å². The molecular formula is C5H13N. The number of hydrogen-bond donors (Lipinski definition) is 1. The third-order valence-electron chi connectivity index (χ3n) is 0.744. The maximum absolute atomic E-state index is 5.40. The van der Waals surface area contributed by atoms with Gasteiger partial charge in [-0.3, -0.25) is 0 Å². The zero-order chi connectivity index (χ0) is 4.99. The van der Waals surface area contributed by atoms with E-state index < -0.39 is 0 Å². The van der Waals surface area contributed by atoms with Crippen LogP contribution in [0, 0.1) is 0 Å². The largest absolute Gasteiger partial charge is 0.328 e. The fourth-order valence-electron chi connectivity index (χ4n) is 0.455. The van der Waals surface area contributed by atoms with Gasteiger partial charge in [0, 0.05) is 6.04 Å². The highest BCUT2D eigenvalue weighted by Gasteiger charge is 1.85. The monoisotopic (exact) mass is 87.1 g/mol. The summed E-state index contributed by atoms with van der Waals surface area (Å²) in [4.78, 5) is 0. The molecule has 0 heterocycles. The highest BCUT2D eigenvalue weighted by molar-refractivity contribution is 4.47. The zero-order valence-electron chi connectivity index (χ0n) is 4.57. The molecule has 0 aliphatic carbocycles. The Hall–Kier alpha value is -0.0400.